The molecule has 3 N–H and O–H groups in total. The van der Waals surface area contributed by atoms with E-state index in [-0.39, 0.29) is 23.6 Å². The van der Waals surface area contributed by atoms with Crippen molar-refractivity contribution in [3.63, 3.8) is 0 Å². The first-order valence-electron chi connectivity index (χ1n) is 6.81. The Morgan fingerprint density at radius 3 is 3.05 bits per heavy atom. The predicted octanol–water partition coefficient (Wildman–Crippen LogP) is 2.71. The summed E-state index contributed by atoms with van der Waals surface area (Å²) in [6, 6.07) is 3.96. The Bertz CT molecular complexity index is 498. The zero-order chi connectivity index (χ0) is 15.2. The lowest BCUT2D eigenvalue weighted by molar-refractivity contribution is 0.172. The number of nitrogens with one attached hydrogen (secondary N) is 2. The maximum Gasteiger partial charge on any atom is 0.315 e. The molecule has 1 heterocycles. The van der Waals surface area contributed by atoms with Crippen molar-refractivity contribution in [2.24, 2.45) is 0 Å². The second-order valence-electron chi connectivity index (χ2n) is 4.96. The second kappa shape index (κ2) is 7.87. The Labute approximate surface area is 132 Å². The molecule has 2 atom stereocenters. The van der Waals surface area contributed by atoms with E-state index in [4.69, 9.17) is 11.6 Å². The van der Waals surface area contributed by atoms with Crippen LogP contribution in [0.3, 0.4) is 0 Å². The molecule has 0 bridgehead atoms. The van der Waals surface area contributed by atoms with Gasteiger partial charge in [0.25, 0.3) is 0 Å². The number of aliphatic hydroxyl groups is 1. The lowest BCUT2D eigenvalue weighted by Gasteiger charge is -2.23. The van der Waals surface area contributed by atoms with Gasteiger partial charge in [-0.1, -0.05) is 17.7 Å². The van der Waals surface area contributed by atoms with E-state index in [1.165, 1.54) is 18.2 Å². The second-order valence-corrected chi connectivity index (χ2v) is 6.51. The summed E-state index contributed by atoms with van der Waals surface area (Å²) in [6.45, 7) is 0.0206. The Morgan fingerprint density at radius 1 is 1.57 bits per heavy atom. The van der Waals surface area contributed by atoms with Crippen LogP contribution >= 0.6 is 23.4 Å². The van der Waals surface area contributed by atoms with Gasteiger partial charge < -0.3 is 15.7 Å². The molecule has 1 saturated heterocycles. The van der Waals surface area contributed by atoms with Crippen LogP contribution < -0.4 is 10.6 Å². The predicted molar refractivity (Wildman–Crippen MR) is 83.3 cm³/mol. The summed E-state index contributed by atoms with van der Waals surface area (Å²) in [5.41, 5.74) is 0.380. The molecule has 1 aromatic rings. The smallest absolute Gasteiger partial charge is 0.315 e. The normalized spacial score (nSPS) is 19.9. The first kappa shape index (κ1) is 16.4. The van der Waals surface area contributed by atoms with Crippen molar-refractivity contribution >= 4 is 29.4 Å². The highest BCUT2D eigenvalue weighted by atomic mass is 35.5. The number of benzene rings is 1. The van der Waals surface area contributed by atoms with E-state index >= 15 is 0 Å². The summed E-state index contributed by atoms with van der Waals surface area (Å²) >= 11 is 7.41. The fourth-order valence-electron chi connectivity index (χ4n) is 2.12. The molecular formula is C14H18ClFN2O2S. The van der Waals surface area contributed by atoms with Crippen LogP contribution in [-0.4, -0.2) is 35.2 Å². The quantitative estimate of drug-likeness (QED) is 0.794. The summed E-state index contributed by atoms with van der Waals surface area (Å²) in [7, 11) is 0. The zero-order valence-electron chi connectivity index (χ0n) is 11.4. The Balaban J connectivity index is 1.78. The molecule has 0 radical (unpaired) electrons. The molecule has 2 amide bonds. The van der Waals surface area contributed by atoms with Gasteiger partial charge in [-0.05, 0) is 36.3 Å². The lowest BCUT2D eigenvalue weighted by atomic mass is 10.1. The van der Waals surface area contributed by atoms with Crippen LogP contribution in [0.25, 0.3) is 0 Å². The molecule has 1 fully saturated rings. The van der Waals surface area contributed by atoms with Crippen LogP contribution in [0.5, 0.6) is 0 Å². The van der Waals surface area contributed by atoms with Crippen LogP contribution in [0.2, 0.25) is 5.02 Å². The Hall–Kier alpha value is -0.980. The summed E-state index contributed by atoms with van der Waals surface area (Å²) in [6.07, 6.45) is 1.11. The summed E-state index contributed by atoms with van der Waals surface area (Å²) in [4.78, 5) is 11.7. The summed E-state index contributed by atoms with van der Waals surface area (Å²) < 4.78 is 13.3. The molecule has 0 aliphatic carbocycles. The van der Waals surface area contributed by atoms with E-state index in [2.05, 4.69) is 10.6 Å². The minimum absolute atomic E-state index is 0.00597. The van der Waals surface area contributed by atoms with Crippen molar-refractivity contribution in [1.29, 1.82) is 0 Å². The zero-order valence-corrected chi connectivity index (χ0v) is 13.0. The Kier molecular flexibility index (Phi) is 6.14. The molecule has 1 aliphatic rings. The number of hydrogen-bond donors (Lipinski definition) is 3. The van der Waals surface area contributed by atoms with Crippen molar-refractivity contribution < 1.29 is 14.3 Å². The number of carbonyl (C=O) groups is 1. The van der Waals surface area contributed by atoms with Gasteiger partial charge in [0, 0.05) is 18.3 Å². The molecular weight excluding hydrogens is 315 g/mol. The number of halogens is 2. The standard InChI is InChI=1S/C14H18ClFN2O2S/c15-11-4-3-9(6-12(11)16)13(19)7-17-14(20)18-10-2-1-5-21-8-10/h3-4,6,10,13,19H,1-2,5,7-8H2,(H2,17,18,20)/t10-,13+/m1/s1. The van der Waals surface area contributed by atoms with Gasteiger partial charge in [0.2, 0.25) is 0 Å². The minimum atomic E-state index is -0.969. The molecule has 21 heavy (non-hydrogen) atoms. The molecule has 0 saturated carbocycles. The highest BCUT2D eigenvalue weighted by molar-refractivity contribution is 7.99. The molecule has 0 aromatic heterocycles. The highest BCUT2D eigenvalue weighted by Gasteiger charge is 2.17. The number of carbonyl (C=O) groups excluding carboxylic acids is 1. The van der Waals surface area contributed by atoms with Gasteiger partial charge in [-0.25, -0.2) is 9.18 Å². The number of urea groups is 1. The van der Waals surface area contributed by atoms with Gasteiger partial charge in [0.05, 0.1) is 11.1 Å². The summed E-state index contributed by atoms with van der Waals surface area (Å²) in [5, 5.41) is 15.4. The van der Waals surface area contributed by atoms with Crippen LogP contribution in [0, 0.1) is 5.82 Å². The van der Waals surface area contributed by atoms with Gasteiger partial charge in [-0.3, -0.25) is 0 Å². The van der Waals surface area contributed by atoms with Gasteiger partial charge in [0.15, 0.2) is 0 Å². The highest BCUT2D eigenvalue weighted by Crippen LogP contribution is 2.20. The Morgan fingerprint density at radius 2 is 2.38 bits per heavy atom. The maximum atomic E-state index is 13.3. The van der Waals surface area contributed by atoms with Crippen LogP contribution in [0.4, 0.5) is 9.18 Å². The first-order valence-corrected chi connectivity index (χ1v) is 8.34. The van der Waals surface area contributed by atoms with Crippen LogP contribution in [0.15, 0.2) is 18.2 Å². The molecule has 116 valence electrons. The van der Waals surface area contributed by atoms with E-state index in [1.807, 2.05) is 11.8 Å². The number of hydrogen-bond acceptors (Lipinski definition) is 3. The summed E-state index contributed by atoms with van der Waals surface area (Å²) in [5.74, 6) is 1.47. The third-order valence-electron chi connectivity index (χ3n) is 3.28. The van der Waals surface area contributed by atoms with Gasteiger partial charge >= 0.3 is 6.03 Å². The average Bonchev–Trinajstić information content (AvgIpc) is 2.48. The number of rotatable bonds is 4. The molecule has 2 rings (SSSR count). The molecule has 0 spiro atoms. The van der Waals surface area contributed by atoms with Gasteiger partial charge in [0.1, 0.15) is 5.82 Å². The third-order valence-corrected chi connectivity index (χ3v) is 4.80. The first-order chi connectivity index (χ1) is 10.1. The van der Waals surface area contributed by atoms with Crippen molar-refractivity contribution in [2.75, 3.05) is 18.1 Å². The topological polar surface area (TPSA) is 61.4 Å². The van der Waals surface area contributed by atoms with E-state index in [0.29, 0.717) is 5.56 Å². The van der Waals surface area contributed by atoms with Crippen molar-refractivity contribution in [1.82, 2.24) is 10.6 Å². The van der Waals surface area contributed by atoms with E-state index in [1.54, 1.807) is 0 Å². The largest absolute Gasteiger partial charge is 0.387 e. The van der Waals surface area contributed by atoms with E-state index in [9.17, 15) is 14.3 Å². The van der Waals surface area contributed by atoms with E-state index in [0.717, 1.165) is 24.3 Å². The SMILES string of the molecule is O=C(NC[C@H](O)c1ccc(Cl)c(F)c1)N[C@@H]1CCCSC1. The monoisotopic (exact) mass is 332 g/mol. The maximum absolute atomic E-state index is 13.3. The van der Waals surface area contributed by atoms with Crippen molar-refractivity contribution in [2.45, 2.75) is 25.0 Å². The fraction of sp³-hybridized carbons (Fsp3) is 0.500. The van der Waals surface area contributed by atoms with Crippen molar-refractivity contribution in [3.8, 4) is 0 Å². The molecule has 7 heteroatoms. The van der Waals surface area contributed by atoms with Crippen LogP contribution in [0.1, 0.15) is 24.5 Å². The molecule has 4 nitrogen and oxygen atoms in total. The number of thioether (sulfide) groups is 1. The van der Waals surface area contributed by atoms with E-state index < -0.39 is 11.9 Å². The van der Waals surface area contributed by atoms with Gasteiger partial charge in [-0.2, -0.15) is 11.8 Å². The number of aliphatic hydroxyl groups excluding tert-OH is 1. The molecule has 1 aliphatic heterocycles. The number of amides is 2. The molecule has 0 unspecified atom stereocenters. The van der Waals surface area contributed by atoms with Crippen molar-refractivity contribution in [3.05, 3.63) is 34.6 Å². The average molecular weight is 333 g/mol. The third kappa shape index (κ3) is 5.05. The lowest BCUT2D eigenvalue weighted by Crippen LogP contribution is -2.45. The van der Waals surface area contributed by atoms with Crippen LogP contribution in [-0.2, 0) is 0 Å². The fourth-order valence-corrected chi connectivity index (χ4v) is 3.31. The minimum Gasteiger partial charge on any atom is -0.387 e. The molecule has 1 aromatic carbocycles. The van der Waals surface area contributed by atoms with Gasteiger partial charge in [-0.15, -0.1) is 0 Å².